The van der Waals surface area contributed by atoms with Gasteiger partial charge in [0.25, 0.3) is 0 Å². The largest absolute Gasteiger partial charge is 0.310 e. The van der Waals surface area contributed by atoms with Crippen LogP contribution >= 0.6 is 27.5 Å². The van der Waals surface area contributed by atoms with E-state index in [4.69, 9.17) is 11.6 Å². The highest BCUT2D eigenvalue weighted by atomic mass is 79.9. The van der Waals surface area contributed by atoms with Crippen LogP contribution in [0.3, 0.4) is 0 Å². The first-order valence-corrected chi connectivity index (χ1v) is 7.95. The number of nitrogens with zero attached hydrogens (tertiary/aromatic N) is 1. The molecule has 0 fully saturated rings. The lowest BCUT2D eigenvalue weighted by Gasteiger charge is -2.20. The zero-order valence-corrected chi connectivity index (χ0v) is 13.8. The quantitative estimate of drug-likeness (QED) is 0.808. The molecule has 1 N–H and O–H groups in total. The van der Waals surface area contributed by atoms with Crippen LogP contribution in [-0.2, 0) is 6.42 Å². The van der Waals surface area contributed by atoms with Gasteiger partial charge in [-0.05, 0) is 54.8 Å². The maximum absolute atomic E-state index is 6.39. The van der Waals surface area contributed by atoms with Gasteiger partial charge in [-0.3, -0.25) is 4.98 Å². The molecule has 0 amide bonds. The summed E-state index contributed by atoms with van der Waals surface area (Å²) in [6.45, 7) is 3.14. The second-order valence-corrected chi connectivity index (χ2v) is 6.06. The van der Waals surface area contributed by atoms with E-state index in [1.54, 1.807) is 0 Å². The lowest BCUT2D eigenvalue weighted by atomic mass is 9.99. The number of rotatable bonds is 6. The molecule has 0 radical (unpaired) electrons. The third-order valence-electron chi connectivity index (χ3n) is 3.17. The van der Waals surface area contributed by atoms with Crippen molar-refractivity contribution in [3.8, 4) is 0 Å². The fourth-order valence-corrected chi connectivity index (χ4v) is 2.95. The molecule has 106 valence electrons. The number of pyridine rings is 1. The van der Waals surface area contributed by atoms with E-state index in [2.05, 4.69) is 39.2 Å². The van der Waals surface area contributed by atoms with Crippen LogP contribution in [0.1, 0.15) is 30.5 Å². The van der Waals surface area contributed by atoms with Gasteiger partial charge in [-0.25, -0.2) is 0 Å². The van der Waals surface area contributed by atoms with Crippen molar-refractivity contribution in [1.29, 1.82) is 0 Å². The van der Waals surface area contributed by atoms with Crippen molar-refractivity contribution < 1.29 is 0 Å². The van der Waals surface area contributed by atoms with Crippen LogP contribution in [0.2, 0.25) is 5.02 Å². The molecule has 1 aromatic heterocycles. The van der Waals surface area contributed by atoms with E-state index in [0.717, 1.165) is 34.4 Å². The van der Waals surface area contributed by atoms with Gasteiger partial charge in [-0.2, -0.15) is 0 Å². The molecule has 1 aromatic carbocycles. The van der Waals surface area contributed by atoms with E-state index < -0.39 is 0 Å². The van der Waals surface area contributed by atoms with E-state index in [1.807, 2.05) is 36.7 Å². The SMILES string of the molecule is CCCNC(Cc1ccncc1)c1ccc(Br)cc1Cl. The first-order valence-electron chi connectivity index (χ1n) is 6.78. The van der Waals surface area contributed by atoms with Crippen LogP contribution in [0.4, 0.5) is 0 Å². The molecule has 0 saturated carbocycles. The second kappa shape index (κ2) is 7.77. The zero-order chi connectivity index (χ0) is 14.4. The standard InChI is InChI=1S/C16H18BrClN2/c1-2-7-20-16(10-12-5-8-19-9-6-12)14-4-3-13(17)11-15(14)18/h3-6,8-9,11,16,20H,2,7,10H2,1H3. The Labute approximate surface area is 133 Å². The van der Waals surface area contributed by atoms with Crippen LogP contribution < -0.4 is 5.32 Å². The summed E-state index contributed by atoms with van der Waals surface area (Å²) < 4.78 is 1.00. The van der Waals surface area contributed by atoms with Gasteiger partial charge in [-0.1, -0.05) is 40.5 Å². The van der Waals surface area contributed by atoms with Crippen LogP contribution in [0, 0.1) is 0 Å². The Bertz CT molecular complexity index is 545. The Balaban J connectivity index is 2.22. The van der Waals surface area contributed by atoms with Crippen molar-refractivity contribution >= 4 is 27.5 Å². The van der Waals surface area contributed by atoms with Crippen molar-refractivity contribution in [3.05, 3.63) is 63.3 Å². The molecule has 2 nitrogen and oxygen atoms in total. The van der Waals surface area contributed by atoms with Crippen LogP contribution in [0.25, 0.3) is 0 Å². The molecule has 0 bridgehead atoms. The maximum atomic E-state index is 6.39. The highest BCUT2D eigenvalue weighted by Gasteiger charge is 2.15. The lowest BCUT2D eigenvalue weighted by molar-refractivity contribution is 0.529. The minimum absolute atomic E-state index is 0.220. The van der Waals surface area contributed by atoms with Gasteiger partial charge in [0.15, 0.2) is 0 Å². The molecule has 4 heteroatoms. The van der Waals surface area contributed by atoms with Crippen molar-refractivity contribution in [2.45, 2.75) is 25.8 Å². The van der Waals surface area contributed by atoms with Gasteiger partial charge in [0.05, 0.1) is 0 Å². The molecular formula is C16H18BrClN2. The minimum atomic E-state index is 0.220. The Kier molecular flexibility index (Phi) is 6.02. The van der Waals surface area contributed by atoms with E-state index in [-0.39, 0.29) is 6.04 Å². The number of benzene rings is 1. The molecule has 1 heterocycles. The molecule has 0 aliphatic carbocycles. The van der Waals surface area contributed by atoms with Gasteiger partial charge < -0.3 is 5.32 Å². The van der Waals surface area contributed by atoms with Crippen LogP contribution in [0.5, 0.6) is 0 Å². The van der Waals surface area contributed by atoms with Crippen molar-refractivity contribution in [2.24, 2.45) is 0 Å². The van der Waals surface area contributed by atoms with E-state index in [0.29, 0.717) is 0 Å². The monoisotopic (exact) mass is 352 g/mol. The van der Waals surface area contributed by atoms with Gasteiger partial charge in [0, 0.05) is 27.9 Å². The lowest BCUT2D eigenvalue weighted by Crippen LogP contribution is -2.24. The summed E-state index contributed by atoms with van der Waals surface area (Å²) in [7, 11) is 0. The van der Waals surface area contributed by atoms with E-state index in [1.165, 1.54) is 5.56 Å². The molecular weight excluding hydrogens is 336 g/mol. The zero-order valence-electron chi connectivity index (χ0n) is 11.4. The summed E-state index contributed by atoms with van der Waals surface area (Å²) in [6, 6.07) is 10.4. The van der Waals surface area contributed by atoms with Crippen molar-refractivity contribution in [1.82, 2.24) is 10.3 Å². The predicted molar refractivity (Wildman–Crippen MR) is 88.1 cm³/mol. The summed E-state index contributed by atoms with van der Waals surface area (Å²) in [5, 5.41) is 4.37. The average molecular weight is 354 g/mol. The average Bonchev–Trinajstić information content (AvgIpc) is 2.45. The summed E-state index contributed by atoms with van der Waals surface area (Å²) in [6.07, 6.45) is 5.66. The topological polar surface area (TPSA) is 24.9 Å². The van der Waals surface area contributed by atoms with Gasteiger partial charge >= 0.3 is 0 Å². The molecule has 20 heavy (non-hydrogen) atoms. The molecule has 0 saturated heterocycles. The fourth-order valence-electron chi connectivity index (χ4n) is 2.15. The van der Waals surface area contributed by atoms with Crippen molar-refractivity contribution in [3.63, 3.8) is 0 Å². The summed E-state index contributed by atoms with van der Waals surface area (Å²) in [4.78, 5) is 4.06. The molecule has 1 unspecified atom stereocenters. The fraction of sp³-hybridized carbons (Fsp3) is 0.312. The molecule has 0 aliphatic heterocycles. The Morgan fingerprint density at radius 2 is 2.00 bits per heavy atom. The molecule has 0 aliphatic rings. The third kappa shape index (κ3) is 4.30. The molecule has 2 aromatic rings. The molecule has 2 rings (SSSR count). The van der Waals surface area contributed by atoms with Crippen LogP contribution in [0.15, 0.2) is 47.2 Å². The third-order valence-corrected chi connectivity index (χ3v) is 3.99. The first kappa shape index (κ1) is 15.5. The highest BCUT2D eigenvalue weighted by Crippen LogP contribution is 2.28. The first-order chi connectivity index (χ1) is 9.70. The number of aromatic nitrogens is 1. The van der Waals surface area contributed by atoms with Crippen LogP contribution in [-0.4, -0.2) is 11.5 Å². The maximum Gasteiger partial charge on any atom is 0.0465 e. The molecule has 1 atom stereocenters. The summed E-state index contributed by atoms with van der Waals surface area (Å²) in [5.74, 6) is 0. The van der Waals surface area contributed by atoms with Crippen molar-refractivity contribution in [2.75, 3.05) is 6.54 Å². The van der Waals surface area contributed by atoms with Gasteiger partial charge in [0.2, 0.25) is 0 Å². The molecule has 0 spiro atoms. The summed E-state index contributed by atoms with van der Waals surface area (Å²) >= 11 is 9.84. The van der Waals surface area contributed by atoms with Gasteiger partial charge in [0.1, 0.15) is 0 Å². The van der Waals surface area contributed by atoms with E-state index >= 15 is 0 Å². The number of halogens is 2. The predicted octanol–water partition coefficient (Wildman–Crippen LogP) is 4.78. The minimum Gasteiger partial charge on any atom is -0.310 e. The summed E-state index contributed by atoms with van der Waals surface area (Å²) in [5.41, 5.74) is 2.40. The number of hydrogen-bond donors (Lipinski definition) is 1. The normalized spacial score (nSPS) is 12.3. The Morgan fingerprint density at radius 1 is 1.25 bits per heavy atom. The second-order valence-electron chi connectivity index (χ2n) is 4.73. The van der Waals surface area contributed by atoms with E-state index in [9.17, 15) is 0 Å². The van der Waals surface area contributed by atoms with Gasteiger partial charge in [-0.15, -0.1) is 0 Å². The number of hydrogen-bond acceptors (Lipinski definition) is 2. The smallest absolute Gasteiger partial charge is 0.0465 e. The Morgan fingerprint density at radius 3 is 2.65 bits per heavy atom. The highest BCUT2D eigenvalue weighted by molar-refractivity contribution is 9.10. The Hall–Kier alpha value is -0.900. The number of nitrogens with one attached hydrogen (secondary N) is 1.